The second-order valence-electron chi connectivity index (χ2n) is 12.3. The molecule has 3 rings (SSSR count). The summed E-state index contributed by atoms with van der Waals surface area (Å²) < 4.78 is 18.7. The van der Waals surface area contributed by atoms with Gasteiger partial charge in [-0.1, -0.05) is 26.0 Å². The van der Waals surface area contributed by atoms with E-state index < -0.39 is 53.9 Å². The van der Waals surface area contributed by atoms with Crippen LogP contribution < -0.4 is 16.4 Å². The zero-order valence-corrected chi connectivity index (χ0v) is 28.2. The second kappa shape index (κ2) is 17.7. The first-order valence-electron chi connectivity index (χ1n) is 16.0. The van der Waals surface area contributed by atoms with E-state index in [2.05, 4.69) is 15.6 Å². The molecule has 2 amide bonds. The van der Waals surface area contributed by atoms with Gasteiger partial charge in [0, 0.05) is 62.8 Å². The number of imidazole rings is 1. The van der Waals surface area contributed by atoms with Gasteiger partial charge in [-0.3, -0.25) is 14.4 Å². The SMILES string of the molecule is COC1CC/C=C(/C)C(=O)NC2=CC(=O)C(NCCCn3ccnc3)=C(CC(C)CC(OC)C(O)C(C)/C=C(/C)C1OC(N)=O)C2=O. The molecular weight excluding hydrogens is 606 g/mol. The summed E-state index contributed by atoms with van der Waals surface area (Å²) >= 11 is 0. The van der Waals surface area contributed by atoms with E-state index in [0.29, 0.717) is 49.9 Å². The number of fused-ring (bicyclic) bond motifs is 2. The second-order valence-corrected chi connectivity index (χ2v) is 12.3. The van der Waals surface area contributed by atoms with Gasteiger partial charge >= 0.3 is 6.09 Å². The number of hydrogen-bond donors (Lipinski definition) is 4. The van der Waals surface area contributed by atoms with Gasteiger partial charge in [0.25, 0.3) is 5.91 Å². The van der Waals surface area contributed by atoms with Gasteiger partial charge in [-0.15, -0.1) is 0 Å². The predicted molar refractivity (Wildman–Crippen MR) is 174 cm³/mol. The number of nitrogens with zero attached hydrogens (tertiary/aromatic N) is 2. The maximum atomic E-state index is 13.8. The van der Waals surface area contributed by atoms with Crippen LogP contribution >= 0.6 is 0 Å². The van der Waals surface area contributed by atoms with Crippen LogP contribution in [-0.4, -0.2) is 83.4 Å². The summed E-state index contributed by atoms with van der Waals surface area (Å²) in [6.07, 6.45) is 7.91. The molecule has 5 N–H and O–H groups in total. The number of aryl methyl sites for hydroxylation is 1. The molecule has 0 saturated heterocycles. The minimum Gasteiger partial charge on any atom is -0.439 e. The Kier molecular flexibility index (Phi) is 14.1. The molecule has 13 heteroatoms. The number of aliphatic hydroxyl groups excluding tert-OH is 1. The Bertz CT molecular complexity index is 1400. The quantitative estimate of drug-likeness (QED) is 0.185. The van der Waals surface area contributed by atoms with E-state index in [1.807, 2.05) is 24.6 Å². The Balaban J connectivity index is 1.96. The molecule has 1 aromatic heterocycles. The van der Waals surface area contributed by atoms with Crippen molar-refractivity contribution in [2.24, 2.45) is 17.6 Å². The lowest BCUT2D eigenvalue weighted by Gasteiger charge is -2.30. The van der Waals surface area contributed by atoms with Crippen LogP contribution in [-0.2, 0) is 35.1 Å². The van der Waals surface area contributed by atoms with Gasteiger partial charge in [0.05, 0.1) is 36.0 Å². The molecule has 6 unspecified atom stereocenters. The van der Waals surface area contributed by atoms with Crippen molar-refractivity contribution < 1.29 is 38.5 Å². The predicted octanol–water partition coefficient (Wildman–Crippen LogP) is 2.86. The number of rotatable bonds is 8. The molecule has 1 aliphatic carbocycles. The molecule has 13 nitrogen and oxygen atoms in total. The molecule has 47 heavy (non-hydrogen) atoms. The summed E-state index contributed by atoms with van der Waals surface area (Å²) in [6.45, 7) is 8.24. The van der Waals surface area contributed by atoms with Crippen molar-refractivity contribution in [1.82, 2.24) is 20.2 Å². The van der Waals surface area contributed by atoms with E-state index in [0.717, 1.165) is 6.08 Å². The van der Waals surface area contributed by atoms with Gasteiger partial charge in [0.15, 0.2) is 6.10 Å². The van der Waals surface area contributed by atoms with Crippen LogP contribution in [0.3, 0.4) is 0 Å². The van der Waals surface area contributed by atoms with Gasteiger partial charge in [0.2, 0.25) is 11.6 Å². The summed E-state index contributed by atoms with van der Waals surface area (Å²) in [5.74, 6) is -2.00. The van der Waals surface area contributed by atoms with Crippen molar-refractivity contribution in [1.29, 1.82) is 0 Å². The topological polar surface area (TPSA) is 184 Å². The molecule has 0 radical (unpaired) electrons. The molecule has 2 bridgehead atoms. The van der Waals surface area contributed by atoms with Crippen LogP contribution in [0, 0.1) is 11.8 Å². The monoisotopic (exact) mass is 655 g/mol. The van der Waals surface area contributed by atoms with Crippen molar-refractivity contribution in [2.45, 2.75) is 90.8 Å². The molecule has 6 atom stereocenters. The van der Waals surface area contributed by atoms with Crippen molar-refractivity contribution >= 4 is 23.6 Å². The number of nitrogens with two attached hydrogens (primary N) is 1. The van der Waals surface area contributed by atoms with Crippen LogP contribution in [0.25, 0.3) is 0 Å². The zero-order chi connectivity index (χ0) is 34.7. The van der Waals surface area contributed by atoms with Crippen molar-refractivity contribution in [3.05, 3.63) is 65.1 Å². The standard InChI is InChI=1S/C34H49N5O8/c1-20-15-24-29(37-11-8-13-39-14-12-36-19-39)26(40)18-25(31(24)42)38-33(43)21(2)9-7-10-27(45-5)32(47-34(35)44)23(4)17-22(3)30(41)28(16-20)46-6/h9,12,14,17-20,22,27-28,30,32,37,41H,7-8,10-11,13,15-16H2,1-6H3,(H2,35,44)(H,38,43)/b21-9-,23-17-. The third kappa shape index (κ3) is 10.5. The fourth-order valence-corrected chi connectivity index (χ4v) is 5.98. The van der Waals surface area contributed by atoms with Gasteiger partial charge < -0.3 is 40.3 Å². The number of ketones is 2. The van der Waals surface area contributed by atoms with E-state index in [-0.39, 0.29) is 29.3 Å². The third-order valence-corrected chi connectivity index (χ3v) is 8.57. The number of carbonyl (C=O) groups excluding carboxylic acids is 4. The Morgan fingerprint density at radius 2 is 1.89 bits per heavy atom. The maximum Gasteiger partial charge on any atom is 0.405 e. The smallest absolute Gasteiger partial charge is 0.405 e. The lowest BCUT2D eigenvalue weighted by molar-refractivity contribution is -0.120. The number of allylic oxidation sites excluding steroid dienone is 3. The third-order valence-electron chi connectivity index (χ3n) is 8.57. The number of carbonyl (C=O) groups is 4. The number of ether oxygens (including phenoxy) is 3. The van der Waals surface area contributed by atoms with Gasteiger partial charge in [-0.2, -0.15) is 0 Å². The van der Waals surface area contributed by atoms with Gasteiger partial charge in [0.1, 0.15) is 0 Å². The minimum absolute atomic E-state index is 0.0988. The normalized spacial score (nSPS) is 29.3. The van der Waals surface area contributed by atoms with Gasteiger partial charge in [-0.05, 0) is 57.4 Å². The molecule has 258 valence electrons. The summed E-state index contributed by atoms with van der Waals surface area (Å²) in [5.41, 5.74) is 6.74. The Hall–Kier alpha value is -4.07. The Morgan fingerprint density at radius 1 is 1.17 bits per heavy atom. The van der Waals surface area contributed by atoms with E-state index in [1.54, 1.807) is 38.5 Å². The molecular formula is C34H49N5O8. The van der Waals surface area contributed by atoms with Gasteiger partial charge in [-0.25, -0.2) is 9.78 Å². The highest BCUT2D eigenvalue weighted by Crippen LogP contribution is 2.29. The lowest BCUT2D eigenvalue weighted by atomic mass is 9.85. The molecule has 0 saturated carbocycles. The Morgan fingerprint density at radius 3 is 2.53 bits per heavy atom. The van der Waals surface area contributed by atoms with Crippen LogP contribution in [0.1, 0.15) is 59.8 Å². The number of methoxy groups -OCH3 is 2. The summed E-state index contributed by atoms with van der Waals surface area (Å²) in [5, 5.41) is 17.2. The number of amides is 2. The van der Waals surface area contributed by atoms with Crippen LogP contribution in [0.4, 0.5) is 4.79 Å². The first-order valence-corrected chi connectivity index (χ1v) is 16.0. The molecule has 0 aromatic carbocycles. The summed E-state index contributed by atoms with van der Waals surface area (Å²) in [7, 11) is 2.99. The van der Waals surface area contributed by atoms with E-state index in [9.17, 15) is 24.3 Å². The number of hydrogen-bond acceptors (Lipinski definition) is 10. The van der Waals surface area contributed by atoms with E-state index >= 15 is 0 Å². The highest BCUT2D eigenvalue weighted by Gasteiger charge is 2.33. The fraction of sp³-hybridized carbons (Fsp3) is 0.559. The number of primary amides is 1. The molecule has 1 aliphatic heterocycles. The number of Topliss-reactive ketones (excluding diaryl/α,β-unsaturated/α-hetero) is 1. The summed E-state index contributed by atoms with van der Waals surface area (Å²) in [4.78, 5) is 56.2. The molecule has 1 aromatic rings. The van der Waals surface area contributed by atoms with Crippen LogP contribution in [0.5, 0.6) is 0 Å². The number of aliphatic hydroxyl groups is 1. The average molecular weight is 656 g/mol. The lowest BCUT2D eigenvalue weighted by Crippen LogP contribution is -2.38. The molecule has 2 heterocycles. The number of nitrogens with one attached hydrogen (secondary N) is 2. The molecule has 2 aliphatic rings. The Labute approximate surface area is 276 Å². The highest BCUT2D eigenvalue weighted by molar-refractivity contribution is 6.23. The first kappa shape index (κ1) is 37.4. The minimum atomic E-state index is -0.967. The molecule has 0 spiro atoms. The largest absolute Gasteiger partial charge is 0.439 e. The average Bonchev–Trinajstić information content (AvgIpc) is 3.55. The van der Waals surface area contributed by atoms with Crippen molar-refractivity contribution in [2.75, 3.05) is 20.8 Å². The number of aromatic nitrogens is 2. The maximum absolute atomic E-state index is 13.8. The summed E-state index contributed by atoms with van der Waals surface area (Å²) in [6, 6.07) is 0. The van der Waals surface area contributed by atoms with Crippen LogP contribution in [0.15, 0.2) is 65.1 Å². The van der Waals surface area contributed by atoms with Crippen molar-refractivity contribution in [3.8, 4) is 0 Å². The fourth-order valence-electron chi connectivity index (χ4n) is 5.98. The van der Waals surface area contributed by atoms with Crippen molar-refractivity contribution in [3.63, 3.8) is 0 Å². The zero-order valence-electron chi connectivity index (χ0n) is 28.2. The van der Waals surface area contributed by atoms with Crippen LogP contribution in [0.2, 0.25) is 0 Å². The molecule has 0 fully saturated rings. The first-order chi connectivity index (χ1) is 22.4. The van der Waals surface area contributed by atoms with E-state index in [4.69, 9.17) is 19.9 Å². The highest BCUT2D eigenvalue weighted by atomic mass is 16.6. The van der Waals surface area contributed by atoms with E-state index in [1.165, 1.54) is 14.2 Å².